The van der Waals surface area contributed by atoms with Gasteiger partial charge in [-0.3, -0.25) is 0 Å². The van der Waals surface area contributed by atoms with Gasteiger partial charge in [0, 0.05) is 12.5 Å². The van der Waals surface area contributed by atoms with Gasteiger partial charge in [-0.1, -0.05) is 13.8 Å². The third kappa shape index (κ3) is 3.54. The maximum atomic E-state index is 13.4. The lowest BCUT2D eigenvalue weighted by Crippen LogP contribution is -2.19. The van der Waals surface area contributed by atoms with Crippen LogP contribution in [-0.4, -0.2) is 16.5 Å². The smallest absolute Gasteiger partial charge is 0.139 e. The van der Waals surface area contributed by atoms with Crippen LogP contribution in [0.25, 0.3) is 11.0 Å². The lowest BCUT2D eigenvalue weighted by atomic mass is 9.94. The molecule has 2 rings (SSSR count). The summed E-state index contributed by atoms with van der Waals surface area (Å²) in [5.41, 5.74) is 7.32. The minimum Gasteiger partial charge on any atom is -0.342 e. The predicted molar refractivity (Wildman–Crippen MR) is 79.5 cm³/mol. The Hall–Kier alpha value is -0.940. The van der Waals surface area contributed by atoms with Crippen LogP contribution in [-0.2, 0) is 6.42 Å². The Bertz CT molecular complexity index is 526. The lowest BCUT2D eigenvalue weighted by Gasteiger charge is -2.15. The van der Waals surface area contributed by atoms with Gasteiger partial charge in [-0.05, 0) is 46.8 Å². The Labute approximate surface area is 120 Å². The third-order valence-corrected chi connectivity index (χ3v) is 3.80. The SMILES string of the molecule is CC(C)CC(CN)Cc1nc2cc(Br)c(F)cc2[nH]1. The molecular formula is C14H19BrFN3. The van der Waals surface area contributed by atoms with E-state index in [0.717, 1.165) is 29.7 Å². The monoisotopic (exact) mass is 327 g/mol. The first kappa shape index (κ1) is 14.5. The van der Waals surface area contributed by atoms with Crippen LogP contribution in [0.15, 0.2) is 16.6 Å². The molecule has 3 nitrogen and oxygen atoms in total. The third-order valence-electron chi connectivity index (χ3n) is 3.19. The summed E-state index contributed by atoms with van der Waals surface area (Å²) in [6.07, 6.45) is 1.88. The predicted octanol–water partition coefficient (Wildman–Crippen LogP) is 3.63. The van der Waals surface area contributed by atoms with E-state index < -0.39 is 0 Å². The van der Waals surface area contributed by atoms with Crippen molar-refractivity contribution in [1.82, 2.24) is 9.97 Å². The fourth-order valence-electron chi connectivity index (χ4n) is 2.36. The van der Waals surface area contributed by atoms with E-state index in [0.29, 0.717) is 22.9 Å². The topological polar surface area (TPSA) is 54.7 Å². The van der Waals surface area contributed by atoms with Crippen LogP contribution in [0.4, 0.5) is 4.39 Å². The number of imidazole rings is 1. The summed E-state index contributed by atoms with van der Waals surface area (Å²) >= 11 is 3.17. The number of H-pyrrole nitrogens is 1. The molecule has 0 radical (unpaired) electrons. The average Bonchev–Trinajstić information content (AvgIpc) is 2.69. The zero-order valence-corrected chi connectivity index (χ0v) is 12.8. The summed E-state index contributed by atoms with van der Waals surface area (Å²) in [7, 11) is 0. The van der Waals surface area contributed by atoms with Crippen molar-refractivity contribution in [2.75, 3.05) is 6.54 Å². The molecule has 19 heavy (non-hydrogen) atoms. The first-order chi connectivity index (χ1) is 8.99. The van der Waals surface area contributed by atoms with Crippen molar-refractivity contribution in [2.45, 2.75) is 26.7 Å². The van der Waals surface area contributed by atoms with Gasteiger partial charge in [0.25, 0.3) is 0 Å². The fraction of sp³-hybridized carbons (Fsp3) is 0.500. The molecule has 0 saturated carbocycles. The Morgan fingerprint density at radius 1 is 1.42 bits per heavy atom. The molecule has 1 aromatic heterocycles. The molecule has 0 amide bonds. The number of hydrogen-bond acceptors (Lipinski definition) is 2. The molecule has 0 spiro atoms. The van der Waals surface area contributed by atoms with Gasteiger partial charge < -0.3 is 10.7 Å². The van der Waals surface area contributed by atoms with E-state index in [1.54, 1.807) is 6.07 Å². The summed E-state index contributed by atoms with van der Waals surface area (Å²) in [5.74, 6) is 1.63. The molecule has 0 aliphatic heterocycles. The number of hydrogen-bond donors (Lipinski definition) is 2. The van der Waals surface area contributed by atoms with Crippen molar-refractivity contribution in [2.24, 2.45) is 17.6 Å². The van der Waals surface area contributed by atoms with Crippen LogP contribution in [0, 0.1) is 17.7 Å². The molecule has 1 unspecified atom stereocenters. The highest BCUT2D eigenvalue weighted by atomic mass is 79.9. The van der Waals surface area contributed by atoms with Gasteiger partial charge in [0.05, 0.1) is 15.5 Å². The summed E-state index contributed by atoms with van der Waals surface area (Å²) < 4.78 is 13.9. The van der Waals surface area contributed by atoms with Crippen LogP contribution in [0.3, 0.4) is 0 Å². The summed E-state index contributed by atoms with van der Waals surface area (Å²) in [6.45, 7) is 5.02. The quantitative estimate of drug-likeness (QED) is 0.881. The van der Waals surface area contributed by atoms with Gasteiger partial charge >= 0.3 is 0 Å². The van der Waals surface area contributed by atoms with Crippen molar-refractivity contribution >= 4 is 27.0 Å². The van der Waals surface area contributed by atoms with Crippen molar-refractivity contribution in [3.63, 3.8) is 0 Å². The van der Waals surface area contributed by atoms with Crippen molar-refractivity contribution in [3.05, 3.63) is 28.2 Å². The maximum Gasteiger partial charge on any atom is 0.139 e. The van der Waals surface area contributed by atoms with Gasteiger partial charge in [0.2, 0.25) is 0 Å². The van der Waals surface area contributed by atoms with Crippen LogP contribution in [0.1, 0.15) is 26.1 Å². The van der Waals surface area contributed by atoms with Crippen molar-refractivity contribution in [1.29, 1.82) is 0 Å². The van der Waals surface area contributed by atoms with E-state index in [1.165, 1.54) is 6.07 Å². The van der Waals surface area contributed by atoms with Gasteiger partial charge in [-0.15, -0.1) is 0 Å². The number of aromatic nitrogens is 2. The van der Waals surface area contributed by atoms with Gasteiger partial charge in [-0.2, -0.15) is 0 Å². The number of rotatable bonds is 5. The molecule has 1 aromatic carbocycles. The number of benzene rings is 1. The standard InChI is InChI=1S/C14H19BrFN3/c1-8(2)3-9(7-17)4-14-18-12-5-10(15)11(16)6-13(12)19-14/h5-6,8-9H,3-4,7,17H2,1-2H3,(H,18,19). The number of halogens is 2. The van der Waals surface area contributed by atoms with E-state index in [1.807, 2.05) is 0 Å². The molecule has 0 aliphatic rings. The van der Waals surface area contributed by atoms with Gasteiger partial charge in [-0.25, -0.2) is 9.37 Å². The number of nitrogens with zero attached hydrogens (tertiary/aromatic N) is 1. The van der Waals surface area contributed by atoms with Gasteiger partial charge in [0.15, 0.2) is 0 Å². The largest absolute Gasteiger partial charge is 0.342 e. The Kier molecular flexibility index (Phi) is 4.58. The summed E-state index contributed by atoms with van der Waals surface area (Å²) in [6, 6.07) is 3.17. The van der Waals surface area contributed by atoms with Crippen LogP contribution >= 0.6 is 15.9 Å². The highest BCUT2D eigenvalue weighted by Gasteiger charge is 2.13. The summed E-state index contributed by atoms with van der Waals surface area (Å²) in [5, 5.41) is 0. The maximum absolute atomic E-state index is 13.4. The molecule has 5 heteroatoms. The molecule has 1 atom stereocenters. The molecule has 0 aliphatic carbocycles. The molecule has 104 valence electrons. The minimum absolute atomic E-state index is 0.278. The highest BCUT2D eigenvalue weighted by Crippen LogP contribution is 2.23. The summed E-state index contributed by atoms with van der Waals surface area (Å²) in [4.78, 5) is 7.68. The second kappa shape index (κ2) is 6.01. The minimum atomic E-state index is -0.278. The molecule has 0 bridgehead atoms. The number of fused-ring (bicyclic) bond motifs is 1. The van der Waals surface area contributed by atoms with Crippen molar-refractivity contribution in [3.8, 4) is 0 Å². The second-order valence-electron chi connectivity index (χ2n) is 5.40. The first-order valence-corrected chi connectivity index (χ1v) is 7.32. The van der Waals surface area contributed by atoms with E-state index in [-0.39, 0.29) is 5.82 Å². The first-order valence-electron chi connectivity index (χ1n) is 6.53. The molecule has 0 fully saturated rings. The second-order valence-corrected chi connectivity index (χ2v) is 6.26. The van der Waals surface area contributed by atoms with Crippen molar-refractivity contribution < 1.29 is 4.39 Å². The van der Waals surface area contributed by atoms with E-state index in [9.17, 15) is 4.39 Å². The van der Waals surface area contributed by atoms with Crippen LogP contribution < -0.4 is 5.73 Å². The molecular weight excluding hydrogens is 309 g/mol. The van der Waals surface area contributed by atoms with Crippen LogP contribution in [0.5, 0.6) is 0 Å². The van der Waals surface area contributed by atoms with Gasteiger partial charge in [0.1, 0.15) is 11.6 Å². The molecule has 0 saturated heterocycles. The lowest BCUT2D eigenvalue weighted by molar-refractivity contribution is 0.410. The number of nitrogens with one attached hydrogen (secondary N) is 1. The highest BCUT2D eigenvalue weighted by molar-refractivity contribution is 9.10. The Morgan fingerprint density at radius 3 is 2.79 bits per heavy atom. The Morgan fingerprint density at radius 2 is 2.16 bits per heavy atom. The average molecular weight is 328 g/mol. The van der Waals surface area contributed by atoms with E-state index in [4.69, 9.17) is 5.73 Å². The molecule has 3 N–H and O–H groups in total. The zero-order chi connectivity index (χ0) is 14.0. The Balaban J connectivity index is 2.21. The zero-order valence-electron chi connectivity index (χ0n) is 11.2. The molecule has 1 heterocycles. The van der Waals surface area contributed by atoms with Crippen LogP contribution in [0.2, 0.25) is 0 Å². The number of aromatic amines is 1. The fourth-order valence-corrected chi connectivity index (χ4v) is 2.69. The number of nitrogens with two attached hydrogens (primary N) is 1. The normalized spacial score (nSPS) is 13.4. The molecule has 2 aromatic rings. The van der Waals surface area contributed by atoms with E-state index >= 15 is 0 Å². The van der Waals surface area contributed by atoms with E-state index in [2.05, 4.69) is 39.7 Å².